The van der Waals surface area contributed by atoms with Gasteiger partial charge in [-0.2, -0.15) is 0 Å². The van der Waals surface area contributed by atoms with Crippen molar-refractivity contribution in [3.05, 3.63) is 39.6 Å². The second kappa shape index (κ2) is 7.68. The number of carbonyl (C=O) groups is 1. The predicted molar refractivity (Wildman–Crippen MR) is 94.9 cm³/mol. The van der Waals surface area contributed by atoms with E-state index in [9.17, 15) is 4.79 Å². The predicted octanol–water partition coefficient (Wildman–Crippen LogP) is 4.90. The molecule has 0 saturated carbocycles. The number of aromatic nitrogens is 2. The normalized spacial score (nSPS) is 10.5. The number of urea groups is 1. The molecule has 0 aliphatic carbocycles. The monoisotopic (exact) mass is 373 g/mol. The van der Waals surface area contributed by atoms with Gasteiger partial charge in [0.15, 0.2) is 0 Å². The van der Waals surface area contributed by atoms with E-state index < -0.39 is 6.03 Å². The summed E-state index contributed by atoms with van der Waals surface area (Å²) >= 11 is 17.9. The number of carbonyl (C=O) groups excluding carboxylic acids is 1. The first-order chi connectivity index (χ1) is 10.8. The zero-order valence-electron chi connectivity index (χ0n) is 12.3. The summed E-state index contributed by atoms with van der Waals surface area (Å²) in [6, 6.07) is 4.26. The maximum absolute atomic E-state index is 12.1. The van der Waals surface area contributed by atoms with Gasteiger partial charge in [-0.15, -0.1) is 0 Å². The third kappa shape index (κ3) is 5.13. The number of nitrogens with one attached hydrogen (secondary N) is 3. The molecule has 2 aromatic rings. The average molecular weight is 375 g/mol. The molecular formula is C14H14Cl3N5O. The molecule has 0 bridgehead atoms. The zero-order valence-corrected chi connectivity index (χ0v) is 14.6. The van der Waals surface area contributed by atoms with Crippen LogP contribution in [0.25, 0.3) is 0 Å². The Labute approximate surface area is 148 Å². The van der Waals surface area contributed by atoms with Crippen molar-refractivity contribution in [2.45, 2.75) is 19.9 Å². The Hall–Kier alpha value is -1.76. The van der Waals surface area contributed by atoms with Gasteiger partial charge >= 0.3 is 6.03 Å². The minimum atomic E-state index is -0.537. The van der Waals surface area contributed by atoms with Crippen molar-refractivity contribution in [3.8, 4) is 0 Å². The number of anilines is 3. The molecule has 0 aliphatic heterocycles. The van der Waals surface area contributed by atoms with Crippen molar-refractivity contribution in [1.82, 2.24) is 9.97 Å². The topological polar surface area (TPSA) is 78.9 Å². The number of halogens is 3. The average Bonchev–Trinajstić information content (AvgIpc) is 2.42. The lowest BCUT2D eigenvalue weighted by Gasteiger charge is -2.12. The first-order valence-electron chi connectivity index (χ1n) is 6.66. The fraction of sp³-hybridized carbons (Fsp3) is 0.214. The van der Waals surface area contributed by atoms with Crippen LogP contribution in [-0.4, -0.2) is 22.0 Å². The first-order valence-corrected chi connectivity index (χ1v) is 7.79. The summed E-state index contributed by atoms with van der Waals surface area (Å²) in [5.41, 5.74) is 0.268. The van der Waals surface area contributed by atoms with E-state index in [1.807, 2.05) is 13.8 Å². The number of benzene rings is 1. The maximum Gasteiger partial charge on any atom is 0.324 e. The van der Waals surface area contributed by atoms with Crippen LogP contribution in [0.4, 0.5) is 22.1 Å². The molecule has 1 aromatic carbocycles. The highest BCUT2D eigenvalue weighted by Crippen LogP contribution is 2.33. The van der Waals surface area contributed by atoms with E-state index in [-0.39, 0.29) is 21.8 Å². The Morgan fingerprint density at radius 3 is 2.22 bits per heavy atom. The molecule has 9 heteroatoms. The van der Waals surface area contributed by atoms with Crippen LogP contribution in [0.3, 0.4) is 0 Å². The largest absolute Gasteiger partial charge is 0.368 e. The molecule has 122 valence electrons. The van der Waals surface area contributed by atoms with Gasteiger partial charge in [-0.05, 0) is 26.0 Å². The van der Waals surface area contributed by atoms with Crippen LogP contribution in [-0.2, 0) is 0 Å². The molecule has 6 nitrogen and oxygen atoms in total. The summed E-state index contributed by atoms with van der Waals surface area (Å²) in [6.45, 7) is 3.96. The van der Waals surface area contributed by atoms with Gasteiger partial charge in [-0.25, -0.2) is 14.8 Å². The van der Waals surface area contributed by atoms with Crippen molar-refractivity contribution < 1.29 is 4.79 Å². The molecule has 2 amide bonds. The van der Waals surface area contributed by atoms with E-state index in [4.69, 9.17) is 34.8 Å². The van der Waals surface area contributed by atoms with Gasteiger partial charge in [0, 0.05) is 17.1 Å². The van der Waals surface area contributed by atoms with E-state index in [0.29, 0.717) is 16.7 Å². The molecule has 0 saturated heterocycles. The molecule has 0 atom stereocenters. The molecule has 0 aliphatic rings. The summed E-state index contributed by atoms with van der Waals surface area (Å²) in [6.07, 6.45) is 1.35. The van der Waals surface area contributed by atoms with Crippen LogP contribution in [0.2, 0.25) is 15.1 Å². The summed E-state index contributed by atoms with van der Waals surface area (Å²) in [5.74, 6) is 0.940. The van der Waals surface area contributed by atoms with E-state index in [2.05, 4.69) is 25.9 Å². The van der Waals surface area contributed by atoms with Gasteiger partial charge in [-0.1, -0.05) is 34.8 Å². The number of amides is 2. The van der Waals surface area contributed by atoms with Gasteiger partial charge in [0.05, 0.1) is 15.7 Å². The van der Waals surface area contributed by atoms with Crippen molar-refractivity contribution in [3.63, 3.8) is 0 Å². The van der Waals surface area contributed by atoms with Gasteiger partial charge in [0.25, 0.3) is 0 Å². The molecule has 3 N–H and O–H groups in total. The van der Waals surface area contributed by atoms with Crippen LogP contribution in [0.5, 0.6) is 0 Å². The summed E-state index contributed by atoms with van der Waals surface area (Å²) < 4.78 is 0. The molecular weight excluding hydrogens is 361 g/mol. The lowest BCUT2D eigenvalue weighted by molar-refractivity contribution is 0.262. The molecule has 0 radical (unpaired) electrons. The SMILES string of the molecule is CC(C)Nc1cc(NC(=O)Nc2c(Cl)cc(Cl)cc2Cl)ncn1. The Morgan fingerprint density at radius 1 is 1.00 bits per heavy atom. The second-order valence-corrected chi connectivity index (χ2v) is 6.16. The van der Waals surface area contributed by atoms with E-state index in [0.717, 1.165) is 0 Å². The fourth-order valence-electron chi connectivity index (χ4n) is 1.72. The molecule has 2 rings (SSSR count). The molecule has 0 fully saturated rings. The number of hydrogen-bond acceptors (Lipinski definition) is 4. The van der Waals surface area contributed by atoms with Crippen molar-refractivity contribution in [2.24, 2.45) is 0 Å². The zero-order chi connectivity index (χ0) is 17.0. The highest BCUT2D eigenvalue weighted by atomic mass is 35.5. The Bertz CT molecular complexity index is 700. The van der Waals surface area contributed by atoms with Gasteiger partial charge < -0.3 is 10.6 Å². The standard InChI is InChI=1S/C14H14Cl3N5O/c1-7(2)20-11-5-12(19-6-18-11)21-14(23)22-13-9(16)3-8(15)4-10(13)17/h3-7H,1-2H3,(H3,18,19,20,21,22,23). The highest BCUT2D eigenvalue weighted by molar-refractivity contribution is 6.42. The third-order valence-corrected chi connectivity index (χ3v) is 3.41. The number of rotatable bonds is 4. The summed E-state index contributed by atoms with van der Waals surface area (Å²) in [4.78, 5) is 20.1. The minimum Gasteiger partial charge on any atom is -0.368 e. The second-order valence-electron chi connectivity index (χ2n) is 4.91. The van der Waals surface area contributed by atoms with Crippen LogP contribution < -0.4 is 16.0 Å². The van der Waals surface area contributed by atoms with Crippen LogP contribution >= 0.6 is 34.8 Å². The van der Waals surface area contributed by atoms with Crippen molar-refractivity contribution in [1.29, 1.82) is 0 Å². The lowest BCUT2D eigenvalue weighted by atomic mass is 10.3. The van der Waals surface area contributed by atoms with Crippen molar-refractivity contribution in [2.75, 3.05) is 16.0 Å². The molecule has 23 heavy (non-hydrogen) atoms. The van der Waals surface area contributed by atoms with Crippen LogP contribution in [0.1, 0.15) is 13.8 Å². The Kier molecular flexibility index (Phi) is 5.87. The Morgan fingerprint density at radius 2 is 1.61 bits per heavy atom. The van der Waals surface area contributed by atoms with Gasteiger partial charge in [0.1, 0.15) is 18.0 Å². The molecule has 0 spiro atoms. The van der Waals surface area contributed by atoms with Gasteiger partial charge in [-0.3, -0.25) is 5.32 Å². The molecule has 0 unspecified atom stereocenters. The van der Waals surface area contributed by atoms with E-state index >= 15 is 0 Å². The van der Waals surface area contributed by atoms with Crippen LogP contribution in [0, 0.1) is 0 Å². The third-order valence-electron chi connectivity index (χ3n) is 2.59. The van der Waals surface area contributed by atoms with E-state index in [1.54, 1.807) is 6.07 Å². The summed E-state index contributed by atoms with van der Waals surface area (Å²) in [7, 11) is 0. The molecule has 1 aromatic heterocycles. The van der Waals surface area contributed by atoms with Gasteiger partial charge in [0.2, 0.25) is 0 Å². The quantitative estimate of drug-likeness (QED) is 0.711. The van der Waals surface area contributed by atoms with Crippen LogP contribution in [0.15, 0.2) is 24.5 Å². The summed E-state index contributed by atoms with van der Waals surface area (Å²) in [5, 5.41) is 9.11. The lowest BCUT2D eigenvalue weighted by Crippen LogP contribution is -2.21. The fourth-order valence-corrected chi connectivity index (χ4v) is 2.63. The highest BCUT2D eigenvalue weighted by Gasteiger charge is 2.12. The van der Waals surface area contributed by atoms with Crippen molar-refractivity contribution >= 4 is 58.2 Å². The number of nitrogens with zero attached hydrogens (tertiary/aromatic N) is 2. The van der Waals surface area contributed by atoms with E-state index in [1.165, 1.54) is 18.5 Å². The smallest absolute Gasteiger partial charge is 0.324 e. The molecule has 1 heterocycles. The Balaban J connectivity index is 2.08. The first kappa shape index (κ1) is 17.6. The number of hydrogen-bond donors (Lipinski definition) is 3. The maximum atomic E-state index is 12.1. The minimum absolute atomic E-state index is 0.207.